The molecule has 0 bridgehead atoms. The van der Waals surface area contributed by atoms with Gasteiger partial charge in [0.25, 0.3) is 5.91 Å². The number of unbranched alkanes of at least 4 members (excludes halogenated alkanes) is 1. The van der Waals surface area contributed by atoms with E-state index in [9.17, 15) is 17.6 Å². The zero-order valence-electron chi connectivity index (χ0n) is 12.7. The summed E-state index contributed by atoms with van der Waals surface area (Å²) in [5.41, 5.74) is 5.58. The van der Waals surface area contributed by atoms with Crippen molar-refractivity contribution in [1.29, 1.82) is 0 Å². The fraction of sp³-hybridized carbons (Fsp3) is 0.500. The molecule has 1 aromatic carbocycles. The summed E-state index contributed by atoms with van der Waals surface area (Å²) in [6.45, 7) is 2.28. The van der Waals surface area contributed by atoms with E-state index < -0.39 is 21.7 Å². The van der Waals surface area contributed by atoms with Crippen LogP contribution in [0.3, 0.4) is 0 Å². The molecule has 1 amide bonds. The normalized spacial score (nSPS) is 12.7. The van der Waals surface area contributed by atoms with Crippen LogP contribution in [0.5, 0.6) is 0 Å². The Hall–Kier alpha value is -1.67. The van der Waals surface area contributed by atoms with Gasteiger partial charge in [0.1, 0.15) is 5.82 Å². The predicted octanol–water partition coefficient (Wildman–Crippen LogP) is 1.44. The standard InChI is InChI=1S/C14H22FN3O3S/c1-3-4-5-11(9-16)17-14(19)12-8-10(15)6-7-13(12)18-22(2,20)21/h6-8,11,18H,3-5,9,16H2,1-2H3,(H,17,19). The molecule has 6 nitrogen and oxygen atoms in total. The highest BCUT2D eigenvalue weighted by atomic mass is 32.2. The monoisotopic (exact) mass is 331 g/mol. The summed E-state index contributed by atoms with van der Waals surface area (Å²) >= 11 is 0. The molecule has 1 atom stereocenters. The van der Waals surface area contributed by atoms with Gasteiger partial charge < -0.3 is 11.1 Å². The second-order valence-corrected chi connectivity index (χ2v) is 6.86. The molecule has 0 saturated carbocycles. The summed E-state index contributed by atoms with van der Waals surface area (Å²) in [5, 5.41) is 2.71. The third-order valence-corrected chi connectivity index (χ3v) is 3.64. The lowest BCUT2D eigenvalue weighted by atomic mass is 10.1. The maximum Gasteiger partial charge on any atom is 0.253 e. The number of anilines is 1. The minimum absolute atomic E-state index is 0.0349. The molecule has 124 valence electrons. The number of benzene rings is 1. The lowest BCUT2D eigenvalue weighted by molar-refractivity contribution is 0.0936. The van der Waals surface area contributed by atoms with Gasteiger partial charge in [-0.1, -0.05) is 19.8 Å². The number of nitrogens with one attached hydrogen (secondary N) is 2. The maximum atomic E-state index is 13.4. The summed E-state index contributed by atoms with van der Waals surface area (Å²) < 4.78 is 38.2. The van der Waals surface area contributed by atoms with E-state index >= 15 is 0 Å². The summed E-state index contributed by atoms with van der Waals surface area (Å²) in [5.74, 6) is -1.18. The van der Waals surface area contributed by atoms with Gasteiger partial charge >= 0.3 is 0 Å². The SMILES string of the molecule is CCCCC(CN)NC(=O)c1cc(F)ccc1NS(C)(=O)=O. The fourth-order valence-corrected chi connectivity index (χ4v) is 2.53. The van der Waals surface area contributed by atoms with Gasteiger partial charge in [-0.15, -0.1) is 0 Å². The zero-order valence-corrected chi connectivity index (χ0v) is 13.5. The van der Waals surface area contributed by atoms with Crippen LogP contribution in [0.15, 0.2) is 18.2 Å². The summed E-state index contributed by atoms with van der Waals surface area (Å²) in [6, 6.07) is 3.06. The lowest BCUT2D eigenvalue weighted by Gasteiger charge is -2.18. The van der Waals surface area contributed by atoms with Gasteiger partial charge in [0.2, 0.25) is 10.0 Å². The second kappa shape index (κ2) is 8.09. The van der Waals surface area contributed by atoms with Gasteiger partial charge in [0, 0.05) is 12.6 Å². The Balaban J connectivity index is 2.98. The van der Waals surface area contributed by atoms with Crippen LogP contribution in [-0.2, 0) is 10.0 Å². The van der Waals surface area contributed by atoms with Crippen molar-refractivity contribution in [2.24, 2.45) is 5.73 Å². The molecule has 0 aliphatic heterocycles. The Kier molecular flexibility index (Phi) is 6.76. The largest absolute Gasteiger partial charge is 0.348 e. The second-order valence-electron chi connectivity index (χ2n) is 5.11. The summed E-state index contributed by atoms with van der Waals surface area (Å²) in [7, 11) is -3.57. The average molecular weight is 331 g/mol. The van der Waals surface area contributed by atoms with Crippen LogP contribution in [0.2, 0.25) is 0 Å². The van der Waals surface area contributed by atoms with E-state index in [1.165, 1.54) is 6.07 Å². The van der Waals surface area contributed by atoms with Gasteiger partial charge in [0.15, 0.2) is 0 Å². The highest BCUT2D eigenvalue weighted by molar-refractivity contribution is 7.92. The summed E-state index contributed by atoms with van der Waals surface area (Å²) in [4.78, 5) is 12.3. The van der Waals surface area contributed by atoms with Crippen molar-refractivity contribution in [2.75, 3.05) is 17.5 Å². The van der Waals surface area contributed by atoms with E-state index in [0.29, 0.717) is 6.42 Å². The maximum absolute atomic E-state index is 13.4. The first-order valence-corrected chi connectivity index (χ1v) is 8.94. The molecular formula is C14H22FN3O3S. The van der Waals surface area contributed by atoms with Crippen molar-refractivity contribution in [3.05, 3.63) is 29.6 Å². The number of rotatable bonds is 8. The van der Waals surface area contributed by atoms with Crippen LogP contribution in [0.1, 0.15) is 36.5 Å². The molecule has 0 saturated heterocycles. The van der Waals surface area contributed by atoms with Gasteiger partial charge in [-0.2, -0.15) is 0 Å². The number of nitrogens with two attached hydrogens (primary N) is 1. The molecule has 0 fully saturated rings. The first-order chi connectivity index (χ1) is 10.3. The van der Waals surface area contributed by atoms with Crippen LogP contribution >= 0.6 is 0 Å². The first-order valence-electron chi connectivity index (χ1n) is 7.05. The molecule has 0 aliphatic carbocycles. The number of halogens is 1. The van der Waals surface area contributed by atoms with Crippen LogP contribution < -0.4 is 15.8 Å². The lowest BCUT2D eigenvalue weighted by Crippen LogP contribution is -2.40. The molecule has 0 heterocycles. The van der Waals surface area contributed by atoms with Crippen molar-refractivity contribution in [1.82, 2.24) is 5.32 Å². The van der Waals surface area contributed by atoms with E-state index in [2.05, 4.69) is 10.0 Å². The Morgan fingerprint density at radius 3 is 2.64 bits per heavy atom. The minimum atomic E-state index is -3.57. The van der Waals surface area contributed by atoms with Gasteiger partial charge in [-0.25, -0.2) is 12.8 Å². The van der Waals surface area contributed by atoms with E-state index in [-0.39, 0.29) is 23.8 Å². The number of sulfonamides is 1. The summed E-state index contributed by atoms with van der Waals surface area (Å²) in [6.07, 6.45) is 3.54. The fourth-order valence-electron chi connectivity index (χ4n) is 1.96. The highest BCUT2D eigenvalue weighted by Gasteiger charge is 2.18. The van der Waals surface area contributed by atoms with Crippen molar-refractivity contribution < 1.29 is 17.6 Å². The number of carbonyl (C=O) groups excluding carboxylic acids is 1. The number of amides is 1. The Bertz CT molecular complexity index is 620. The van der Waals surface area contributed by atoms with Crippen molar-refractivity contribution >= 4 is 21.6 Å². The van der Waals surface area contributed by atoms with Gasteiger partial charge in [-0.05, 0) is 24.6 Å². The zero-order chi connectivity index (χ0) is 16.8. The molecule has 1 aromatic rings. The smallest absolute Gasteiger partial charge is 0.253 e. The van der Waals surface area contributed by atoms with E-state index in [1.807, 2.05) is 6.92 Å². The van der Waals surface area contributed by atoms with Gasteiger partial charge in [0.05, 0.1) is 17.5 Å². The van der Waals surface area contributed by atoms with Crippen molar-refractivity contribution in [3.8, 4) is 0 Å². The molecule has 8 heteroatoms. The molecular weight excluding hydrogens is 309 g/mol. The molecule has 0 radical (unpaired) electrons. The third-order valence-electron chi connectivity index (χ3n) is 3.05. The van der Waals surface area contributed by atoms with Crippen molar-refractivity contribution in [3.63, 3.8) is 0 Å². The van der Waals surface area contributed by atoms with Crippen LogP contribution in [0, 0.1) is 5.82 Å². The topological polar surface area (TPSA) is 101 Å². The Morgan fingerprint density at radius 2 is 2.09 bits per heavy atom. The molecule has 0 spiro atoms. The molecule has 1 unspecified atom stereocenters. The Labute approximate surface area is 130 Å². The third kappa shape index (κ3) is 5.98. The van der Waals surface area contributed by atoms with E-state index in [4.69, 9.17) is 5.73 Å². The predicted molar refractivity (Wildman–Crippen MR) is 84.7 cm³/mol. The molecule has 0 aliphatic rings. The molecule has 22 heavy (non-hydrogen) atoms. The van der Waals surface area contributed by atoms with Gasteiger partial charge in [-0.3, -0.25) is 9.52 Å². The highest BCUT2D eigenvalue weighted by Crippen LogP contribution is 2.18. The molecule has 4 N–H and O–H groups in total. The first kappa shape index (κ1) is 18.4. The van der Waals surface area contributed by atoms with Crippen LogP contribution in [0.4, 0.5) is 10.1 Å². The van der Waals surface area contributed by atoms with E-state index in [0.717, 1.165) is 31.2 Å². The molecule has 0 aromatic heterocycles. The van der Waals surface area contributed by atoms with E-state index in [1.54, 1.807) is 0 Å². The minimum Gasteiger partial charge on any atom is -0.348 e. The number of hydrogen-bond acceptors (Lipinski definition) is 4. The van der Waals surface area contributed by atoms with Crippen LogP contribution in [-0.4, -0.2) is 33.2 Å². The number of carbonyl (C=O) groups is 1. The Morgan fingerprint density at radius 1 is 1.41 bits per heavy atom. The molecule has 1 rings (SSSR count). The average Bonchev–Trinajstić information content (AvgIpc) is 2.43. The van der Waals surface area contributed by atoms with Crippen molar-refractivity contribution in [2.45, 2.75) is 32.2 Å². The quantitative estimate of drug-likeness (QED) is 0.671. The number of hydrogen-bond donors (Lipinski definition) is 3. The van der Waals surface area contributed by atoms with Crippen LogP contribution in [0.25, 0.3) is 0 Å².